The van der Waals surface area contributed by atoms with E-state index in [0.29, 0.717) is 11.4 Å². The third-order valence-electron chi connectivity index (χ3n) is 10.4. The molecule has 59 heavy (non-hydrogen) atoms. The van der Waals surface area contributed by atoms with E-state index < -0.39 is 7.67 Å². The zero-order chi connectivity index (χ0) is 39.9. The van der Waals surface area contributed by atoms with Gasteiger partial charge in [-0.25, -0.2) is 14.5 Å². The van der Waals surface area contributed by atoms with Crippen molar-refractivity contribution in [1.82, 2.24) is 34.9 Å². The van der Waals surface area contributed by atoms with E-state index in [1.165, 1.54) is 0 Å². The first-order chi connectivity index (χ1) is 28.9. The van der Waals surface area contributed by atoms with Crippen molar-refractivity contribution in [3.63, 3.8) is 0 Å². The first kappa shape index (κ1) is 36.9. The van der Waals surface area contributed by atoms with Crippen LogP contribution in [0.3, 0.4) is 0 Å². The van der Waals surface area contributed by atoms with Crippen molar-refractivity contribution in [3.05, 3.63) is 175 Å². The van der Waals surface area contributed by atoms with E-state index in [0.717, 1.165) is 94.9 Å². The number of nitrogens with one attached hydrogen (secondary N) is 2. The fourth-order valence-electron chi connectivity index (χ4n) is 7.67. The molecular weight excluding hydrogens is 815 g/mol. The lowest BCUT2D eigenvalue weighted by Crippen LogP contribution is -2.33. The summed E-state index contributed by atoms with van der Waals surface area (Å²) in [6.45, 7) is 0.651. The molecule has 2 aliphatic heterocycles. The minimum absolute atomic E-state index is 0.651. The number of aromatic amines is 2. The highest BCUT2D eigenvalue weighted by molar-refractivity contribution is 8.79. The Labute approximate surface area is 354 Å². The molecule has 8 nitrogen and oxygen atoms in total. The summed E-state index contributed by atoms with van der Waals surface area (Å²) in [5.41, 5.74) is 15.8. The van der Waals surface area contributed by atoms with Crippen molar-refractivity contribution >= 4 is 86.1 Å². The van der Waals surface area contributed by atoms with Gasteiger partial charge >= 0.3 is 0 Å². The van der Waals surface area contributed by atoms with E-state index in [9.17, 15) is 0 Å². The van der Waals surface area contributed by atoms with Crippen LogP contribution in [0, 0.1) is 0 Å². The lowest BCUT2D eigenvalue weighted by atomic mass is 10.0. The maximum Gasteiger partial charge on any atom is 0.173 e. The lowest BCUT2D eigenvalue weighted by molar-refractivity contribution is -0.688. The highest BCUT2D eigenvalue weighted by atomic mass is 36.2. The molecule has 0 atom stereocenters. The molecule has 0 amide bonds. The first-order valence-corrected chi connectivity index (χ1v) is 22.8. The van der Waals surface area contributed by atoms with Crippen molar-refractivity contribution in [2.45, 2.75) is 11.4 Å². The van der Waals surface area contributed by atoms with Gasteiger partial charge in [-0.2, -0.15) is 0 Å². The van der Waals surface area contributed by atoms with Crippen molar-refractivity contribution in [1.29, 1.82) is 0 Å². The molecule has 8 bridgehead atoms. The number of rotatable bonds is 7. The van der Waals surface area contributed by atoms with E-state index in [4.69, 9.17) is 42.0 Å². The molecule has 286 valence electrons. The topological polar surface area (TPSA) is 99.9 Å². The van der Waals surface area contributed by atoms with Gasteiger partial charge in [0.25, 0.3) is 0 Å². The van der Waals surface area contributed by atoms with Crippen LogP contribution in [-0.2, 0) is 6.54 Å². The fraction of sp³-hybridized carbons (Fsp3) is 0.0213. The number of nitrogens with zero attached hydrogens (tertiary/aromatic N) is 6. The summed E-state index contributed by atoms with van der Waals surface area (Å²) in [5, 5.41) is 0. The molecule has 9 heterocycles. The number of pyridine rings is 4. The monoisotopic (exact) mass is 845 g/mol. The smallest absolute Gasteiger partial charge is 0.173 e. The first-order valence-electron chi connectivity index (χ1n) is 18.7. The van der Waals surface area contributed by atoms with Crippen molar-refractivity contribution in [2.24, 2.45) is 0 Å². The van der Waals surface area contributed by atoms with Gasteiger partial charge in [-0.05, 0) is 151 Å². The van der Waals surface area contributed by atoms with Crippen LogP contribution >= 0.6 is 39.7 Å². The lowest BCUT2D eigenvalue weighted by Gasteiger charge is -2.15. The maximum atomic E-state index is 6.19. The number of hydrogen-bond acceptors (Lipinski definition) is 5. The zero-order valence-corrected chi connectivity index (χ0v) is 34.2. The van der Waals surface area contributed by atoms with Crippen LogP contribution < -0.4 is 4.57 Å². The van der Waals surface area contributed by atoms with Crippen LogP contribution in [0.2, 0.25) is 0 Å². The molecule has 2 aliphatic rings. The number of benzene rings is 1. The Morgan fingerprint density at radius 2 is 0.763 bits per heavy atom. The summed E-state index contributed by atoms with van der Waals surface area (Å²) in [5.74, 6) is 0. The van der Waals surface area contributed by atoms with Gasteiger partial charge in [-0.1, -0.05) is 12.1 Å². The molecule has 7 aromatic heterocycles. The minimum atomic E-state index is -2.36. The minimum Gasteiger partial charge on any atom is -0.354 e. The predicted molar refractivity (Wildman–Crippen MR) is 243 cm³/mol. The molecule has 0 saturated carbocycles. The third-order valence-corrected chi connectivity index (χ3v) is 12.8. The summed E-state index contributed by atoms with van der Waals surface area (Å²) in [6.07, 6.45) is 23.4. The Bertz CT molecular complexity index is 3050. The number of H-pyrrole nitrogens is 2. The van der Waals surface area contributed by atoms with E-state index >= 15 is 0 Å². The standard InChI is InChI=1S/C47H31Cl3N8S/c48-59(49,50)35-3-1-30(2-4-35)29-58-27-19-34(20-28-58)47-42-11-9-40(56-42)45(32-15-23-52-24-16-32)38-7-5-36(54-38)44(31-13-21-51-22-14-31)37-6-8-39(55-37)46(33-17-25-53-26-18-33)41-10-12-43(47)57-41/h1-28H,29H2,(H,54,55,56,57)/p+1. The van der Waals surface area contributed by atoms with Crippen molar-refractivity contribution in [3.8, 4) is 44.5 Å². The summed E-state index contributed by atoms with van der Waals surface area (Å²) in [4.78, 5) is 32.0. The molecule has 0 saturated heterocycles. The summed E-state index contributed by atoms with van der Waals surface area (Å²) < 4.78 is 2.13. The zero-order valence-electron chi connectivity index (χ0n) is 31.1. The van der Waals surface area contributed by atoms with Crippen LogP contribution in [0.5, 0.6) is 0 Å². The summed E-state index contributed by atoms with van der Waals surface area (Å²) in [6, 6.07) is 32.6. The SMILES string of the molecule is ClS(Cl)(Cl)c1ccc(C[n+]2ccc(-c3c4nc(c(-c5ccncc5)c5ccc([nH]5)c(-c5ccncc5)c5nc(c(-c6ccncc6)c6ccc3[nH]6)C=C5)C=C4)cc2)cc1. The average Bonchev–Trinajstić information content (AvgIpc) is 4.11. The molecule has 12 heteroatoms. The van der Waals surface area contributed by atoms with Crippen LogP contribution in [-0.4, -0.2) is 34.9 Å². The molecule has 8 aromatic rings. The van der Waals surface area contributed by atoms with Crippen molar-refractivity contribution < 1.29 is 4.57 Å². The van der Waals surface area contributed by atoms with Gasteiger partial charge in [-0.15, -0.1) is 0 Å². The second-order valence-corrected chi connectivity index (χ2v) is 20.9. The number of hydrogen-bond donors (Lipinski definition) is 2. The van der Waals surface area contributed by atoms with Gasteiger partial charge in [0.1, 0.15) is 0 Å². The number of fused-ring (bicyclic) bond motifs is 8. The molecule has 0 fully saturated rings. The van der Waals surface area contributed by atoms with Gasteiger partial charge < -0.3 is 9.97 Å². The Morgan fingerprint density at radius 1 is 0.424 bits per heavy atom. The van der Waals surface area contributed by atoms with E-state index in [2.05, 4.69) is 103 Å². The number of aromatic nitrogens is 8. The van der Waals surface area contributed by atoms with E-state index in [-0.39, 0.29) is 0 Å². The molecule has 1 aromatic carbocycles. The predicted octanol–water partition coefficient (Wildman–Crippen LogP) is 12.5. The van der Waals surface area contributed by atoms with Crippen LogP contribution in [0.25, 0.3) is 90.9 Å². The van der Waals surface area contributed by atoms with E-state index in [1.54, 1.807) is 0 Å². The summed E-state index contributed by atoms with van der Waals surface area (Å²) >= 11 is 0. The normalized spacial score (nSPS) is 12.5. The quantitative estimate of drug-likeness (QED) is 0.156. The molecular formula is C47H32Cl3N8S+. The van der Waals surface area contributed by atoms with Gasteiger partial charge in [0, 0.05) is 112 Å². The van der Waals surface area contributed by atoms with Gasteiger partial charge in [-0.3, -0.25) is 15.0 Å². The molecule has 10 rings (SSSR count). The Morgan fingerprint density at radius 3 is 1.10 bits per heavy atom. The van der Waals surface area contributed by atoms with Crippen LogP contribution in [0.1, 0.15) is 28.3 Å². The number of halogens is 3. The van der Waals surface area contributed by atoms with Gasteiger partial charge in [0.2, 0.25) is 0 Å². The highest BCUT2D eigenvalue weighted by Gasteiger charge is 2.20. The second kappa shape index (κ2) is 15.4. The highest BCUT2D eigenvalue weighted by Crippen LogP contribution is 2.69. The maximum absolute atomic E-state index is 6.19. The average molecular weight is 847 g/mol. The molecule has 0 aliphatic carbocycles. The third kappa shape index (κ3) is 7.34. The summed E-state index contributed by atoms with van der Waals surface area (Å²) in [7, 11) is 16.2. The molecule has 2 N–H and O–H groups in total. The van der Waals surface area contributed by atoms with E-state index in [1.807, 2.05) is 97.8 Å². The van der Waals surface area contributed by atoms with Crippen molar-refractivity contribution in [2.75, 3.05) is 0 Å². The Balaban J connectivity index is 1.24. The van der Waals surface area contributed by atoms with Crippen LogP contribution in [0.4, 0.5) is 0 Å². The fourth-order valence-corrected chi connectivity index (χ4v) is 9.04. The van der Waals surface area contributed by atoms with Crippen LogP contribution in [0.15, 0.2) is 152 Å². The molecule has 0 radical (unpaired) electrons. The largest absolute Gasteiger partial charge is 0.354 e. The van der Waals surface area contributed by atoms with Gasteiger partial charge in [0.15, 0.2) is 18.9 Å². The Hall–Kier alpha value is -6.36. The second-order valence-electron chi connectivity index (χ2n) is 14.0. The van der Waals surface area contributed by atoms with Gasteiger partial charge in [0.05, 0.1) is 22.8 Å². The molecule has 0 spiro atoms. The molecule has 0 unspecified atom stereocenters. The Kier molecular flexibility index (Phi) is 9.66.